The van der Waals surface area contributed by atoms with Crippen molar-refractivity contribution in [1.82, 2.24) is 14.8 Å². The summed E-state index contributed by atoms with van der Waals surface area (Å²) < 4.78 is 2.25. The van der Waals surface area contributed by atoms with Crippen molar-refractivity contribution in [2.24, 2.45) is 0 Å². The van der Waals surface area contributed by atoms with E-state index in [0.717, 1.165) is 25.9 Å². The maximum Gasteiger partial charge on any atom is 0.317 e. The second-order valence-electron chi connectivity index (χ2n) is 6.03. The number of piperidine rings is 1. The van der Waals surface area contributed by atoms with Gasteiger partial charge in [-0.1, -0.05) is 0 Å². The van der Waals surface area contributed by atoms with Crippen LogP contribution in [0.3, 0.4) is 0 Å². The first-order chi connectivity index (χ1) is 8.46. The Labute approximate surface area is 109 Å². The number of urea groups is 1. The molecular formula is C14H23N3O. The van der Waals surface area contributed by atoms with Gasteiger partial charge in [-0.3, -0.25) is 0 Å². The van der Waals surface area contributed by atoms with Gasteiger partial charge in [-0.25, -0.2) is 4.79 Å². The number of nitrogens with zero attached hydrogens (tertiary/aromatic N) is 2. The number of hydrogen-bond acceptors (Lipinski definition) is 1. The van der Waals surface area contributed by atoms with E-state index in [2.05, 4.69) is 34.4 Å². The lowest BCUT2D eigenvalue weighted by atomic mass is 10.0. The number of hydrogen-bond donors (Lipinski definition) is 1. The SMILES string of the molecule is CC(C)(C)NC(=O)N1CCC(n2cccc2)CC1. The van der Waals surface area contributed by atoms with Gasteiger partial charge in [0.1, 0.15) is 0 Å². The van der Waals surface area contributed by atoms with E-state index in [1.54, 1.807) is 0 Å². The topological polar surface area (TPSA) is 37.3 Å². The van der Waals surface area contributed by atoms with Crippen molar-refractivity contribution in [3.8, 4) is 0 Å². The van der Waals surface area contributed by atoms with Gasteiger partial charge in [-0.2, -0.15) is 0 Å². The van der Waals surface area contributed by atoms with Gasteiger partial charge in [0.25, 0.3) is 0 Å². The van der Waals surface area contributed by atoms with Crippen LogP contribution in [-0.4, -0.2) is 34.1 Å². The molecule has 0 bridgehead atoms. The minimum Gasteiger partial charge on any atom is -0.351 e. The lowest BCUT2D eigenvalue weighted by molar-refractivity contribution is 0.164. The van der Waals surface area contributed by atoms with Crippen LogP contribution >= 0.6 is 0 Å². The van der Waals surface area contributed by atoms with Gasteiger partial charge in [0.05, 0.1) is 0 Å². The van der Waals surface area contributed by atoms with Gasteiger partial charge in [-0.05, 0) is 45.7 Å². The third-order valence-corrected chi connectivity index (χ3v) is 3.28. The molecule has 1 saturated heterocycles. The number of carbonyl (C=O) groups excluding carboxylic acids is 1. The van der Waals surface area contributed by atoms with Crippen LogP contribution in [0, 0.1) is 0 Å². The second-order valence-corrected chi connectivity index (χ2v) is 6.03. The summed E-state index contributed by atoms with van der Waals surface area (Å²) in [6.45, 7) is 7.71. The first kappa shape index (κ1) is 13.0. The van der Waals surface area contributed by atoms with Gasteiger partial charge in [0.15, 0.2) is 0 Å². The molecule has 2 amide bonds. The van der Waals surface area contributed by atoms with Crippen molar-refractivity contribution < 1.29 is 4.79 Å². The highest BCUT2D eigenvalue weighted by molar-refractivity contribution is 5.75. The van der Waals surface area contributed by atoms with Crippen LogP contribution in [0.25, 0.3) is 0 Å². The number of nitrogens with one attached hydrogen (secondary N) is 1. The number of aromatic nitrogens is 1. The lowest BCUT2D eigenvalue weighted by Gasteiger charge is -2.34. The summed E-state index contributed by atoms with van der Waals surface area (Å²) in [4.78, 5) is 13.9. The molecule has 4 nitrogen and oxygen atoms in total. The fraction of sp³-hybridized carbons (Fsp3) is 0.643. The summed E-state index contributed by atoms with van der Waals surface area (Å²) in [7, 11) is 0. The molecular weight excluding hydrogens is 226 g/mol. The van der Waals surface area contributed by atoms with Crippen molar-refractivity contribution >= 4 is 6.03 Å². The summed E-state index contributed by atoms with van der Waals surface area (Å²) in [6, 6.07) is 4.71. The van der Waals surface area contributed by atoms with Gasteiger partial charge in [-0.15, -0.1) is 0 Å². The third kappa shape index (κ3) is 3.28. The summed E-state index contributed by atoms with van der Waals surface area (Å²) >= 11 is 0. The minimum atomic E-state index is -0.158. The molecule has 0 atom stereocenters. The molecule has 1 aliphatic heterocycles. The number of likely N-dealkylation sites (tertiary alicyclic amines) is 1. The highest BCUT2D eigenvalue weighted by Crippen LogP contribution is 2.22. The fourth-order valence-corrected chi connectivity index (χ4v) is 2.36. The average molecular weight is 249 g/mol. The smallest absolute Gasteiger partial charge is 0.317 e. The molecule has 0 saturated carbocycles. The first-order valence-electron chi connectivity index (χ1n) is 6.65. The van der Waals surface area contributed by atoms with Gasteiger partial charge in [0, 0.05) is 37.1 Å². The normalized spacial score (nSPS) is 17.8. The highest BCUT2D eigenvalue weighted by Gasteiger charge is 2.25. The molecule has 0 aliphatic carbocycles. The van der Waals surface area contributed by atoms with E-state index in [9.17, 15) is 4.79 Å². The van der Waals surface area contributed by atoms with Crippen molar-refractivity contribution in [2.45, 2.75) is 45.2 Å². The third-order valence-electron chi connectivity index (χ3n) is 3.28. The van der Waals surface area contributed by atoms with Crippen LogP contribution in [0.15, 0.2) is 24.5 Å². The number of amides is 2. The van der Waals surface area contributed by atoms with Crippen LogP contribution < -0.4 is 5.32 Å². The Morgan fingerprint density at radius 3 is 2.22 bits per heavy atom. The molecule has 1 aromatic heterocycles. The van der Waals surface area contributed by atoms with E-state index < -0.39 is 0 Å². The largest absolute Gasteiger partial charge is 0.351 e. The summed E-state index contributed by atoms with van der Waals surface area (Å²) in [5, 5.41) is 3.02. The molecule has 0 aromatic carbocycles. The Kier molecular flexibility index (Phi) is 3.64. The predicted molar refractivity (Wildman–Crippen MR) is 72.6 cm³/mol. The zero-order valence-electron chi connectivity index (χ0n) is 11.5. The molecule has 100 valence electrons. The van der Waals surface area contributed by atoms with E-state index >= 15 is 0 Å². The number of carbonyl (C=O) groups is 1. The lowest BCUT2D eigenvalue weighted by Crippen LogP contribution is -2.50. The molecule has 1 N–H and O–H groups in total. The molecule has 0 unspecified atom stereocenters. The van der Waals surface area contributed by atoms with Crippen molar-refractivity contribution in [3.05, 3.63) is 24.5 Å². The molecule has 18 heavy (non-hydrogen) atoms. The maximum atomic E-state index is 12.0. The predicted octanol–water partition coefficient (Wildman–Crippen LogP) is 2.63. The van der Waals surface area contributed by atoms with E-state index in [1.165, 1.54) is 0 Å². The molecule has 2 rings (SSSR count). The fourth-order valence-electron chi connectivity index (χ4n) is 2.36. The number of rotatable bonds is 1. The molecule has 1 fully saturated rings. The van der Waals surface area contributed by atoms with Gasteiger partial charge < -0.3 is 14.8 Å². The summed E-state index contributed by atoms with van der Waals surface area (Å²) in [5.74, 6) is 0. The average Bonchev–Trinajstić information content (AvgIpc) is 2.80. The standard InChI is InChI=1S/C14H23N3O/c1-14(2,3)15-13(18)17-10-6-12(7-11-17)16-8-4-5-9-16/h4-5,8-9,12H,6-7,10-11H2,1-3H3,(H,15,18). The maximum absolute atomic E-state index is 12.0. The molecule has 4 heteroatoms. The Bertz CT molecular complexity index is 384. The Morgan fingerprint density at radius 1 is 1.17 bits per heavy atom. The Hall–Kier alpha value is -1.45. The summed E-state index contributed by atoms with van der Waals surface area (Å²) in [5.41, 5.74) is -0.158. The van der Waals surface area contributed by atoms with Gasteiger partial charge >= 0.3 is 6.03 Å². The summed E-state index contributed by atoms with van der Waals surface area (Å²) in [6.07, 6.45) is 6.28. The Morgan fingerprint density at radius 2 is 1.72 bits per heavy atom. The van der Waals surface area contributed by atoms with Crippen LogP contribution in [0.4, 0.5) is 4.79 Å². The highest BCUT2D eigenvalue weighted by atomic mass is 16.2. The van der Waals surface area contributed by atoms with Crippen molar-refractivity contribution in [1.29, 1.82) is 0 Å². The molecule has 2 heterocycles. The molecule has 0 spiro atoms. The zero-order valence-corrected chi connectivity index (χ0v) is 11.5. The second kappa shape index (κ2) is 5.04. The minimum absolute atomic E-state index is 0.0634. The van der Waals surface area contributed by atoms with E-state index in [4.69, 9.17) is 0 Å². The monoisotopic (exact) mass is 249 g/mol. The first-order valence-corrected chi connectivity index (χ1v) is 6.65. The van der Waals surface area contributed by atoms with E-state index in [0.29, 0.717) is 6.04 Å². The molecule has 0 radical (unpaired) electrons. The van der Waals surface area contributed by atoms with Crippen LogP contribution in [0.5, 0.6) is 0 Å². The van der Waals surface area contributed by atoms with Crippen molar-refractivity contribution in [3.63, 3.8) is 0 Å². The Balaban J connectivity index is 1.85. The zero-order chi connectivity index (χ0) is 13.2. The molecule has 1 aromatic rings. The molecule has 1 aliphatic rings. The van der Waals surface area contributed by atoms with Gasteiger partial charge in [0.2, 0.25) is 0 Å². The van der Waals surface area contributed by atoms with Crippen molar-refractivity contribution in [2.75, 3.05) is 13.1 Å². The quantitative estimate of drug-likeness (QED) is 0.816. The van der Waals surface area contributed by atoms with E-state index in [-0.39, 0.29) is 11.6 Å². The van der Waals surface area contributed by atoms with Crippen LogP contribution in [-0.2, 0) is 0 Å². The van der Waals surface area contributed by atoms with Crippen LogP contribution in [0.1, 0.15) is 39.7 Å². The van der Waals surface area contributed by atoms with E-state index in [1.807, 2.05) is 25.7 Å². The van der Waals surface area contributed by atoms with Crippen LogP contribution in [0.2, 0.25) is 0 Å².